The monoisotopic (exact) mass is 251 g/mol. The molecule has 1 unspecified atom stereocenters. The van der Waals surface area contributed by atoms with Gasteiger partial charge in [-0.25, -0.2) is 0 Å². The Morgan fingerprint density at radius 3 is 2.53 bits per heavy atom. The molecule has 0 saturated heterocycles. The van der Waals surface area contributed by atoms with Crippen molar-refractivity contribution in [3.8, 4) is 0 Å². The first-order valence-electron chi connectivity index (χ1n) is 6.63. The molecule has 1 aromatic carbocycles. The van der Waals surface area contributed by atoms with E-state index in [-0.39, 0.29) is 0 Å². The van der Waals surface area contributed by atoms with Gasteiger partial charge in [0.25, 0.3) is 0 Å². The highest BCUT2D eigenvalue weighted by Crippen LogP contribution is 2.39. The van der Waals surface area contributed by atoms with Crippen molar-refractivity contribution in [3.05, 3.63) is 33.8 Å². The Balaban J connectivity index is 2.31. The molecule has 94 valence electrons. The van der Waals surface area contributed by atoms with Gasteiger partial charge in [0.15, 0.2) is 0 Å². The zero-order valence-corrected chi connectivity index (χ0v) is 11.8. The first kappa shape index (κ1) is 12.9. The van der Waals surface area contributed by atoms with Crippen LogP contribution in [-0.4, -0.2) is 6.54 Å². The molecule has 1 fully saturated rings. The summed E-state index contributed by atoms with van der Waals surface area (Å²) in [6, 6.07) is 4.89. The van der Waals surface area contributed by atoms with Crippen molar-refractivity contribution in [1.29, 1.82) is 0 Å². The maximum Gasteiger partial charge on any atom is 0.0438 e. The van der Waals surface area contributed by atoms with Crippen LogP contribution in [0.3, 0.4) is 0 Å². The van der Waals surface area contributed by atoms with Gasteiger partial charge in [0.05, 0.1) is 0 Å². The minimum atomic E-state index is 0.518. The summed E-state index contributed by atoms with van der Waals surface area (Å²) in [4.78, 5) is 0. The molecule has 1 N–H and O–H groups in total. The van der Waals surface area contributed by atoms with Gasteiger partial charge in [-0.05, 0) is 61.9 Å². The predicted octanol–water partition coefficient (Wildman–Crippen LogP) is 4.41. The zero-order valence-electron chi connectivity index (χ0n) is 11.0. The molecule has 0 aromatic heterocycles. The molecule has 1 atom stereocenters. The van der Waals surface area contributed by atoms with Gasteiger partial charge >= 0.3 is 0 Å². The molecule has 0 heterocycles. The van der Waals surface area contributed by atoms with E-state index in [0.717, 1.165) is 17.5 Å². The summed E-state index contributed by atoms with van der Waals surface area (Å²) in [6.45, 7) is 7.48. The Labute approximate surface area is 110 Å². The van der Waals surface area contributed by atoms with Gasteiger partial charge in [0.1, 0.15) is 0 Å². The lowest BCUT2D eigenvalue weighted by Gasteiger charge is -2.35. The second-order valence-corrected chi connectivity index (χ2v) is 5.59. The highest BCUT2D eigenvalue weighted by Gasteiger charge is 2.28. The third-order valence-corrected chi connectivity index (χ3v) is 4.33. The lowest BCUT2D eigenvalue weighted by Crippen LogP contribution is -2.32. The summed E-state index contributed by atoms with van der Waals surface area (Å²) >= 11 is 6.17. The summed E-state index contributed by atoms with van der Waals surface area (Å²) in [5.74, 6) is 0.814. The average molecular weight is 252 g/mol. The van der Waals surface area contributed by atoms with Crippen molar-refractivity contribution < 1.29 is 0 Å². The third-order valence-electron chi connectivity index (χ3n) is 3.93. The second kappa shape index (κ2) is 5.41. The maximum atomic E-state index is 6.17. The van der Waals surface area contributed by atoms with Crippen LogP contribution in [-0.2, 0) is 0 Å². The number of rotatable bonds is 4. The van der Waals surface area contributed by atoms with Crippen LogP contribution in [0.15, 0.2) is 12.1 Å². The molecule has 1 saturated carbocycles. The van der Waals surface area contributed by atoms with E-state index in [2.05, 4.69) is 38.2 Å². The van der Waals surface area contributed by atoms with E-state index in [0.29, 0.717) is 6.04 Å². The molecule has 1 aromatic rings. The van der Waals surface area contributed by atoms with Crippen LogP contribution in [0.4, 0.5) is 0 Å². The van der Waals surface area contributed by atoms with Crippen molar-refractivity contribution >= 4 is 11.6 Å². The molecule has 0 radical (unpaired) electrons. The predicted molar refractivity (Wildman–Crippen MR) is 74.7 cm³/mol. The molecule has 2 heteroatoms. The van der Waals surface area contributed by atoms with Crippen molar-refractivity contribution in [3.63, 3.8) is 0 Å². The van der Waals surface area contributed by atoms with E-state index < -0.39 is 0 Å². The molecule has 1 nitrogen and oxygen atoms in total. The Morgan fingerprint density at radius 1 is 1.29 bits per heavy atom. The fourth-order valence-electron chi connectivity index (χ4n) is 2.66. The second-order valence-electron chi connectivity index (χ2n) is 5.18. The van der Waals surface area contributed by atoms with Crippen LogP contribution in [0.25, 0.3) is 0 Å². The minimum absolute atomic E-state index is 0.518. The van der Waals surface area contributed by atoms with Gasteiger partial charge in [-0.3, -0.25) is 0 Å². The van der Waals surface area contributed by atoms with Gasteiger partial charge < -0.3 is 5.32 Å². The Morgan fingerprint density at radius 2 is 2.00 bits per heavy atom. The fourth-order valence-corrected chi connectivity index (χ4v) is 2.88. The number of hydrogen-bond donors (Lipinski definition) is 1. The van der Waals surface area contributed by atoms with E-state index >= 15 is 0 Å². The van der Waals surface area contributed by atoms with Crippen molar-refractivity contribution in [2.45, 2.75) is 46.1 Å². The average Bonchev–Trinajstić information content (AvgIpc) is 2.20. The van der Waals surface area contributed by atoms with Crippen LogP contribution in [0, 0.1) is 19.8 Å². The molecule has 17 heavy (non-hydrogen) atoms. The molecule has 0 amide bonds. The SMILES string of the molecule is CCNC(c1cc(C)c(Cl)cc1C)C1CCC1. The smallest absolute Gasteiger partial charge is 0.0438 e. The Bertz CT molecular complexity index is 396. The summed E-state index contributed by atoms with van der Waals surface area (Å²) in [7, 11) is 0. The van der Waals surface area contributed by atoms with Crippen LogP contribution < -0.4 is 5.32 Å². The number of halogens is 1. The first-order chi connectivity index (χ1) is 8.13. The van der Waals surface area contributed by atoms with Gasteiger partial charge in [-0.15, -0.1) is 0 Å². The van der Waals surface area contributed by atoms with Gasteiger partial charge in [-0.1, -0.05) is 31.0 Å². The van der Waals surface area contributed by atoms with Crippen LogP contribution in [0.5, 0.6) is 0 Å². The summed E-state index contributed by atoms with van der Waals surface area (Å²) < 4.78 is 0. The van der Waals surface area contributed by atoms with E-state index in [9.17, 15) is 0 Å². The quantitative estimate of drug-likeness (QED) is 0.836. The molecule has 1 aliphatic carbocycles. The molecule has 0 aliphatic heterocycles. The number of hydrogen-bond acceptors (Lipinski definition) is 1. The van der Waals surface area contributed by atoms with E-state index in [1.54, 1.807) is 0 Å². The highest BCUT2D eigenvalue weighted by atomic mass is 35.5. The molecule has 2 rings (SSSR count). The van der Waals surface area contributed by atoms with Crippen LogP contribution in [0.2, 0.25) is 5.02 Å². The van der Waals surface area contributed by atoms with E-state index in [4.69, 9.17) is 11.6 Å². The maximum absolute atomic E-state index is 6.17. The van der Waals surface area contributed by atoms with Gasteiger partial charge in [0, 0.05) is 11.1 Å². The Kier molecular flexibility index (Phi) is 4.11. The zero-order chi connectivity index (χ0) is 12.4. The number of nitrogens with one attached hydrogen (secondary N) is 1. The molecular formula is C15H22ClN. The number of aryl methyl sites for hydroxylation is 2. The van der Waals surface area contributed by atoms with Gasteiger partial charge in [-0.2, -0.15) is 0 Å². The lowest BCUT2D eigenvalue weighted by atomic mass is 9.76. The minimum Gasteiger partial charge on any atom is -0.310 e. The Hall–Kier alpha value is -0.530. The van der Waals surface area contributed by atoms with Crippen molar-refractivity contribution in [1.82, 2.24) is 5.32 Å². The first-order valence-corrected chi connectivity index (χ1v) is 7.01. The summed E-state index contributed by atoms with van der Waals surface area (Å²) in [5.41, 5.74) is 3.95. The third kappa shape index (κ3) is 2.66. The van der Waals surface area contributed by atoms with E-state index in [1.165, 1.54) is 36.0 Å². The van der Waals surface area contributed by atoms with Gasteiger partial charge in [0.2, 0.25) is 0 Å². The van der Waals surface area contributed by atoms with Crippen molar-refractivity contribution in [2.75, 3.05) is 6.54 Å². The normalized spacial score (nSPS) is 17.9. The number of benzene rings is 1. The lowest BCUT2D eigenvalue weighted by molar-refractivity contribution is 0.232. The summed E-state index contributed by atoms with van der Waals surface area (Å²) in [6.07, 6.45) is 4.11. The fraction of sp³-hybridized carbons (Fsp3) is 0.600. The topological polar surface area (TPSA) is 12.0 Å². The molecule has 1 aliphatic rings. The van der Waals surface area contributed by atoms with Crippen LogP contribution in [0.1, 0.15) is 48.9 Å². The molecule has 0 bridgehead atoms. The van der Waals surface area contributed by atoms with E-state index in [1.807, 2.05) is 0 Å². The highest BCUT2D eigenvalue weighted by molar-refractivity contribution is 6.31. The largest absolute Gasteiger partial charge is 0.310 e. The molecular weight excluding hydrogens is 230 g/mol. The molecule has 0 spiro atoms. The summed E-state index contributed by atoms with van der Waals surface area (Å²) in [5, 5.41) is 4.53. The van der Waals surface area contributed by atoms with Crippen molar-refractivity contribution in [2.24, 2.45) is 5.92 Å². The standard InChI is InChI=1S/C15H22ClN/c1-4-17-15(12-6-5-7-12)13-8-11(3)14(16)9-10(13)2/h8-9,12,15,17H,4-7H2,1-3H3. The van der Waals surface area contributed by atoms with Crippen LogP contribution >= 0.6 is 11.6 Å².